The molecular formula is C16H14BrN3O. The van der Waals surface area contributed by atoms with Gasteiger partial charge < -0.3 is 10.3 Å². The molecule has 2 N–H and O–H groups in total. The summed E-state index contributed by atoms with van der Waals surface area (Å²) < 4.78 is 6.27. The second kappa shape index (κ2) is 6.10. The summed E-state index contributed by atoms with van der Waals surface area (Å²) in [5.41, 5.74) is 8.57. The van der Waals surface area contributed by atoms with Gasteiger partial charge in [-0.1, -0.05) is 45.4 Å². The van der Waals surface area contributed by atoms with Crippen LogP contribution in [0.5, 0.6) is 0 Å². The molecule has 3 aromatic rings. The quantitative estimate of drug-likeness (QED) is 0.730. The number of rotatable bonds is 4. The van der Waals surface area contributed by atoms with E-state index in [-0.39, 0.29) is 0 Å². The van der Waals surface area contributed by atoms with Crippen molar-refractivity contribution in [1.82, 2.24) is 10.1 Å². The van der Waals surface area contributed by atoms with Gasteiger partial charge in [0.1, 0.15) is 0 Å². The first-order chi connectivity index (χ1) is 10.2. The van der Waals surface area contributed by atoms with Crippen LogP contribution in [-0.4, -0.2) is 10.1 Å². The molecule has 0 aliphatic carbocycles. The molecular weight excluding hydrogens is 330 g/mol. The average molecular weight is 344 g/mol. The smallest absolute Gasteiger partial charge is 0.227 e. The molecule has 0 atom stereocenters. The van der Waals surface area contributed by atoms with Crippen LogP contribution in [0.4, 0.5) is 5.69 Å². The van der Waals surface area contributed by atoms with Gasteiger partial charge >= 0.3 is 0 Å². The summed E-state index contributed by atoms with van der Waals surface area (Å²) in [5.74, 6) is 1.24. The van der Waals surface area contributed by atoms with Gasteiger partial charge in [-0.15, -0.1) is 0 Å². The number of nitrogens with zero attached hydrogens (tertiary/aromatic N) is 2. The molecule has 0 saturated carbocycles. The van der Waals surface area contributed by atoms with Crippen LogP contribution in [0, 0.1) is 0 Å². The van der Waals surface area contributed by atoms with Crippen molar-refractivity contribution >= 4 is 21.6 Å². The van der Waals surface area contributed by atoms with Crippen molar-refractivity contribution in [3.05, 3.63) is 64.5 Å². The Morgan fingerprint density at radius 2 is 1.76 bits per heavy atom. The monoisotopic (exact) mass is 343 g/mol. The van der Waals surface area contributed by atoms with Crippen molar-refractivity contribution in [3.63, 3.8) is 0 Å². The van der Waals surface area contributed by atoms with Crippen LogP contribution >= 0.6 is 15.9 Å². The van der Waals surface area contributed by atoms with E-state index in [9.17, 15) is 0 Å². The molecule has 1 heterocycles. The molecule has 0 saturated heterocycles. The zero-order valence-electron chi connectivity index (χ0n) is 11.3. The van der Waals surface area contributed by atoms with E-state index in [0.717, 1.165) is 22.1 Å². The molecule has 0 fully saturated rings. The van der Waals surface area contributed by atoms with Gasteiger partial charge in [0.15, 0.2) is 0 Å². The zero-order valence-corrected chi connectivity index (χ0v) is 12.9. The number of nitrogen functional groups attached to an aromatic ring is 1. The molecule has 0 unspecified atom stereocenters. The van der Waals surface area contributed by atoms with Crippen LogP contribution in [0.3, 0.4) is 0 Å². The molecule has 1 aromatic heterocycles. The lowest BCUT2D eigenvalue weighted by molar-refractivity contribution is 0.379. The third-order valence-electron chi connectivity index (χ3n) is 3.19. The highest BCUT2D eigenvalue weighted by molar-refractivity contribution is 9.10. The van der Waals surface area contributed by atoms with E-state index >= 15 is 0 Å². The van der Waals surface area contributed by atoms with Crippen molar-refractivity contribution in [3.8, 4) is 11.4 Å². The highest BCUT2D eigenvalue weighted by atomic mass is 79.9. The van der Waals surface area contributed by atoms with Gasteiger partial charge in [0, 0.05) is 22.1 Å². The Kier molecular flexibility index (Phi) is 4.01. The Bertz CT molecular complexity index is 737. The molecule has 21 heavy (non-hydrogen) atoms. The first-order valence-corrected chi connectivity index (χ1v) is 7.43. The minimum absolute atomic E-state index is 0.606. The van der Waals surface area contributed by atoms with Crippen molar-refractivity contribution < 1.29 is 4.52 Å². The summed E-state index contributed by atoms with van der Waals surface area (Å²) in [7, 11) is 0. The Balaban J connectivity index is 1.71. The largest absolute Gasteiger partial charge is 0.399 e. The van der Waals surface area contributed by atoms with E-state index in [1.54, 1.807) is 0 Å². The molecule has 3 rings (SSSR count). The van der Waals surface area contributed by atoms with Gasteiger partial charge in [-0.3, -0.25) is 0 Å². The minimum atomic E-state index is 0.606. The van der Waals surface area contributed by atoms with Gasteiger partial charge in [0.25, 0.3) is 0 Å². The van der Waals surface area contributed by atoms with Crippen LogP contribution < -0.4 is 5.73 Å². The molecule has 5 heteroatoms. The summed E-state index contributed by atoms with van der Waals surface area (Å²) in [6.45, 7) is 0. The molecule has 106 valence electrons. The standard InChI is InChI=1S/C16H14BrN3O/c17-14-4-2-1-3-13(14)16-19-15(21-20-16)10-7-11-5-8-12(18)9-6-11/h1-6,8-9H,7,10,18H2. The average Bonchev–Trinajstić information content (AvgIpc) is 2.96. The zero-order chi connectivity index (χ0) is 14.7. The van der Waals surface area contributed by atoms with Gasteiger partial charge in [0.05, 0.1) is 0 Å². The van der Waals surface area contributed by atoms with Crippen molar-refractivity contribution in [2.24, 2.45) is 0 Å². The second-order valence-corrected chi connectivity index (χ2v) is 5.59. The lowest BCUT2D eigenvalue weighted by Gasteiger charge is -1.99. The number of aryl methyl sites for hydroxylation is 2. The van der Waals surface area contributed by atoms with Crippen molar-refractivity contribution in [2.75, 3.05) is 5.73 Å². The lowest BCUT2D eigenvalue weighted by Crippen LogP contribution is -1.92. The number of benzene rings is 2. The van der Waals surface area contributed by atoms with Gasteiger partial charge in [-0.05, 0) is 36.2 Å². The van der Waals surface area contributed by atoms with E-state index in [2.05, 4.69) is 26.1 Å². The number of anilines is 1. The molecule has 4 nitrogen and oxygen atoms in total. The number of halogens is 1. The molecule has 0 radical (unpaired) electrons. The Hall–Kier alpha value is -2.14. The number of hydrogen-bond donors (Lipinski definition) is 1. The summed E-state index contributed by atoms with van der Waals surface area (Å²) in [4.78, 5) is 4.44. The van der Waals surface area contributed by atoms with Crippen molar-refractivity contribution in [1.29, 1.82) is 0 Å². The molecule has 0 aliphatic rings. The van der Waals surface area contributed by atoms with Gasteiger partial charge in [-0.25, -0.2) is 0 Å². The maximum Gasteiger partial charge on any atom is 0.227 e. The third-order valence-corrected chi connectivity index (χ3v) is 3.88. The van der Waals surface area contributed by atoms with E-state index in [4.69, 9.17) is 10.3 Å². The molecule has 0 aliphatic heterocycles. The fourth-order valence-corrected chi connectivity index (χ4v) is 2.51. The predicted molar refractivity (Wildman–Crippen MR) is 85.7 cm³/mol. The Labute approximate surface area is 131 Å². The second-order valence-electron chi connectivity index (χ2n) is 4.73. The maximum atomic E-state index is 5.67. The summed E-state index contributed by atoms with van der Waals surface area (Å²) >= 11 is 3.49. The summed E-state index contributed by atoms with van der Waals surface area (Å²) in [5, 5.41) is 4.04. The fraction of sp³-hybridized carbons (Fsp3) is 0.125. The van der Waals surface area contributed by atoms with E-state index < -0.39 is 0 Å². The first kappa shape index (κ1) is 13.8. The van der Waals surface area contributed by atoms with E-state index in [0.29, 0.717) is 18.1 Å². The van der Waals surface area contributed by atoms with Crippen LogP contribution in [-0.2, 0) is 12.8 Å². The lowest BCUT2D eigenvalue weighted by atomic mass is 10.1. The summed E-state index contributed by atoms with van der Waals surface area (Å²) in [6, 6.07) is 15.6. The normalized spacial score (nSPS) is 10.7. The fourth-order valence-electron chi connectivity index (χ4n) is 2.04. The third kappa shape index (κ3) is 3.31. The molecule has 0 bridgehead atoms. The van der Waals surface area contributed by atoms with Crippen LogP contribution in [0.25, 0.3) is 11.4 Å². The first-order valence-electron chi connectivity index (χ1n) is 6.64. The molecule has 0 amide bonds. The number of hydrogen-bond acceptors (Lipinski definition) is 4. The van der Waals surface area contributed by atoms with Crippen LogP contribution in [0.1, 0.15) is 11.5 Å². The van der Waals surface area contributed by atoms with Gasteiger partial charge in [-0.2, -0.15) is 4.98 Å². The Morgan fingerprint density at radius 3 is 2.52 bits per heavy atom. The number of aromatic nitrogens is 2. The van der Waals surface area contributed by atoms with E-state index in [1.165, 1.54) is 5.56 Å². The van der Waals surface area contributed by atoms with Gasteiger partial charge in [0.2, 0.25) is 11.7 Å². The highest BCUT2D eigenvalue weighted by Crippen LogP contribution is 2.25. The van der Waals surface area contributed by atoms with Crippen LogP contribution in [0.2, 0.25) is 0 Å². The topological polar surface area (TPSA) is 64.9 Å². The molecule has 0 spiro atoms. The Morgan fingerprint density at radius 1 is 1.00 bits per heavy atom. The molecule has 2 aromatic carbocycles. The maximum absolute atomic E-state index is 5.67. The number of nitrogens with two attached hydrogens (primary N) is 1. The predicted octanol–water partition coefficient (Wildman–Crippen LogP) is 3.87. The van der Waals surface area contributed by atoms with E-state index in [1.807, 2.05) is 48.5 Å². The minimum Gasteiger partial charge on any atom is -0.399 e. The van der Waals surface area contributed by atoms with Crippen LogP contribution in [0.15, 0.2) is 57.5 Å². The summed E-state index contributed by atoms with van der Waals surface area (Å²) in [6.07, 6.45) is 1.55. The highest BCUT2D eigenvalue weighted by Gasteiger charge is 2.11. The SMILES string of the molecule is Nc1ccc(CCc2nc(-c3ccccc3Br)no2)cc1. The van der Waals surface area contributed by atoms with Crippen molar-refractivity contribution in [2.45, 2.75) is 12.8 Å².